The van der Waals surface area contributed by atoms with Gasteiger partial charge < -0.3 is 10.1 Å². The van der Waals surface area contributed by atoms with E-state index in [1.165, 1.54) is 13.0 Å². The molecule has 0 aliphatic carbocycles. The van der Waals surface area contributed by atoms with Gasteiger partial charge in [0.15, 0.2) is 16.2 Å². The van der Waals surface area contributed by atoms with E-state index in [0.717, 1.165) is 28.9 Å². The topological polar surface area (TPSA) is 123 Å². The number of halogens is 4. The van der Waals surface area contributed by atoms with Gasteiger partial charge in [-0.1, -0.05) is 11.6 Å². The third-order valence-corrected chi connectivity index (χ3v) is 4.98. The van der Waals surface area contributed by atoms with E-state index in [2.05, 4.69) is 15.4 Å². The van der Waals surface area contributed by atoms with E-state index in [1.807, 2.05) is 0 Å². The van der Waals surface area contributed by atoms with E-state index in [1.54, 1.807) is 0 Å². The highest BCUT2D eigenvalue weighted by Crippen LogP contribution is 2.35. The SMILES string of the molecule is CCOC(=O)c1nn2c(Nc3cc(C(F)(F)F)ccc3Cl)ccnc2c1S(=O)(=O)O. The zero-order valence-electron chi connectivity index (χ0n) is 14.9. The third kappa shape index (κ3) is 4.17. The second-order valence-electron chi connectivity index (χ2n) is 5.76. The van der Waals surface area contributed by atoms with Crippen LogP contribution in [0.2, 0.25) is 5.02 Å². The summed E-state index contributed by atoms with van der Waals surface area (Å²) in [5, 5.41) is 6.33. The summed E-state index contributed by atoms with van der Waals surface area (Å²) >= 11 is 5.96. The molecule has 3 aromatic rings. The van der Waals surface area contributed by atoms with Crippen LogP contribution in [0.1, 0.15) is 23.0 Å². The van der Waals surface area contributed by atoms with Crippen molar-refractivity contribution in [2.24, 2.45) is 0 Å². The first-order chi connectivity index (χ1) is 13.9. The number of rotatable bonds is 5. The van der Waals surface area contributed by atoms with E-state index in [0.29, 0.717) is 0 Å². The molecule has 3 rings (SSSR count). The van der Waals surface area contributed by atoms with Gasteiger partial charge >= 0.3 is 22.3 Å². The lowest BCUT2D eigenvalue weighted by atomic mass is 10.2. The molecule has 0 bridgehead atoms. The van der Waals surface area contributed by atoms with Crippen LogP contribution in [0.4, 0.5) is 24.7 Å². The van der Waals surface area contributed by atoms with Crippen LogP contribution in [0.15, 0.2) is 35.4 Å². The molecule has 0 saturated carbocycles. The van der Waals surface area contributed by atoms with Crippen molar-refractivity contribution in [1.82, 2.24) is 14.6 Å². The number of fused-ring (bicyclic) bond motifs is 1. The monoisotopic (exact) mass is 464 g/mol. The molecule has 160 valence electrons. The molecule has 1 aromatic carbocycles. The Hall–Kier alpha value is -2.90. The van der Waals surface area contributed by atoms with Crippen molar-refractivity contribution < 1.29 is 35.7 Å². The molecule has 0 spiro atoms. The average Bonchev–Trinajstić information content (AvgIpc) is 3.04. The minimum Gasteiger partial charge on any atom is -0.461 e. The van der Waals surface area contributed by atoms with Crippen LogP contribution in [0, 0.1) is 0 Å². The van der Waals surface area contributed by atoms with E-state index < -0.39 is 44.1 Å². The largest absolute Gasteiger partial charge is 0.461 e. The van der Waals surface area contributed by atoms with Gasteiger partial charge in [-0.25, -0.2) is 9.78 Å². The fourth-order valence-corrected chi connectivity index (χ4v) is 3.43. The van der Waals surface area contributed by atoms with E-state index in [-0.39, 0.29) is 23.1 Å². The fraction of sp³-hybridized carbons (Fsp3) is 0.188. The van der Waals surface area contributed by atoms with Gasteiger partial charge in [0.25, 0.3) is 0 Å². The van der Waals surface area contributed by atoms with Crippen LogP contribution in [0.5, 0.6) is 0 Å². The van der Waals surface area contributed by atoms with Crippen LogP contribution in [-0.4, -0.2) is 40.1 Å². The molecule has 2 aromatic heterocycles. The lowest BCUT2D eigenvalue weighted by Gasteiger charge is -2.13. The van der Waals surface area contributed by atoms with Gasteiger partial charge in [-0.05, 0) is 31.2 Å². The van der Waals surface area contributed by atoms with Crippen LogP contribution in [0.25, 0.3) is 5.65 Å². The number of hydrogen-bond donors (Lipinski definition) is 2. The van der Waals surface area contributed by atoms with E-state index in [4.69, 9.17) is 16.3 Å². The molecule has 0 aliphatic rings. The highest BCUT2D eigenvalue weighted by Gasteiger charge is 2.32. The molecule has 2 N–H and O–H groups in total. The maximum Gasteiger partial charge on any atom is 0.416 e. The van der Waals surface area contributed by atoms with E-state index >= 15 is 0 Å². The fourth-order valence-electron chi connectivity index (χ4n) is 2.53. The Kier molecular flexibility index (Phi) is 5.62. The number of carbonyl (C=O) groups excluding carboxylic acids is 1. The molecular formula is C16H12ClF3N4O5S. The second-order valence-corrected chi connectivity index (χ2v) is 7.52. The quantitative estimate of drug-likeness (QED) is 0.434. The van der Waals surface area contributed by atoms with Gasteiger partial charge in [0.1, 0.15) is 5.82 Å². The smallest absolute Gasteiger partial charge is 0.416 e. The first kappa shape index (κ1) is 21.8. The highest BCUT2D eigenvalue weighted by molar-refractivity contribution is 7.86. The third-order valence-electron chi connectivity index (χ3n) is 3.76. The summed E-state index contributed by atoms with van der Waals surface area (Å²) in [6.45, 7) is 1.37. The van der Waals surface area contributed by atoms with Crippen LogP contribution < -0.4 is 5.32 Å². The molecule has 30 heavy (non-hydrogen) atoms. The Morgan fingerprint density at radius 3 is 2.63 bits per heavy atom. The summed E-state index contributed by atoms with van der Waals surface area (Å²) in [6.07, 6.45) is -3.53. The predicted octanol–water partition coefficient (Wildman–Crippen LogP) is 3.57. The van der Waals surface area contributed by atoms with Crippen LogP contribution in [0.3, 0.4) is 0 Å². The summed E-state index contributed by atoms with van der Waals surface area (Å²) in [7, 11) is -4.95. The molecular weight excluding hydrogens is 453 g/mol. The van der Waals surface area contributed by atoms with Crippen molar-refractivity contribution in [2.75, 3.05) is 11.9 Å². The van der Waals surface area contributed by atoms with Gasteiger partial charge in [-0.3, -0.25) is 4.55 Å². The molecule has 0 unspecified atom stereocenters. The van der Waals surface area contributed by atoms with Crippen molar-refractivity contribution in [3.63, 3.8) is 0 Å². The van der Waals surface area contributed by atoms with Crippen molar-refractivity contribution >= 4 is 44.8 Å². The standard InChI is InChI=1S/C16H12ClF3N4O5S/c1-2-29-15(25)12-13(30(26,27)28)14-21-6-5-11(24(14)23-12)22-10-7-8(16(18,19)20)3-4-9(10)17/h3-7,22H,2H2,1H3,(H,26,27,28). The number of nitrogens with one attached hydrogen (secondary N) is 1. The molecule has 9 nitrogen and oxygen atoms in total. The maximum atomic E-state index is 13.0. The number of carbonyl (C=O) groups is 1. The molecule has 0 amide bonds. The Balaban J connectivity index is 2.19. The molecule has 2 heterocycles. The van der Waals surface area contributed by atoms with Crippen molar-refractivity contribution in [3.8, 4) is 0 Å². The molecule has 0 aliphatic heterocycles. The Morgan fingerprint density at radius 2 is 2.03 bits per heavy atom. The number of ether oxygens (including phenoxy) is 1. The zero-order chi connectivity index (χ0) is 22.3. The lowest BCUT2D eigenvalue weighted by Crippen LogP contribution is -2.11. The zero-order valence-corrected chi connectivity index (χ0v) is 16.5. The minimum atomic E-state index is -4.95. The van der Waals surface area contributed by atoms with Crippen molar-refractivity contribution in [2.45, 2.75) is 18.0 Å². The number of aromatic nitrogens is 3. The van der Waals surface area contributed by atoms with Crippen molar-refractivity contribution in [1.29, 1.82) is 0 Å². The molecule has 14 heteroatoms. The lowest BCUT2D eigenvalue weighted by molar-refractivity contribution is -0.137. The van der Waals surface area contributed by atoms with E-state index in [9.17, 15) is 30.9 Å². The number of hydrogen-bond acceptors (Lipinski definition) is 7. The normalized spacial score (nSPS) is 12.2. The second kappa shape index (κ2) is 7.74. The van der Waals surface area contributed by atoms with Crippen molar-refractivity contribution in [3.05, 3.63) is 46.7 Å². The number of esters is 1. The summed E-state index contributed by atoms with van der Waals surface area (Å²) in [4.78, 5) is 15.0. The number of nitrogens with zero attached hydrogens (tertiary/aromatic N) is 3. The van der Waals surface area contributed by atoms with Gasteiger partial charge in [0, 0.05) is 6.20 Å². The Morgan fingerprint density at radius 1 is 1.33 bits per heavy atom. The summed E-state index contributed by atoms with van der Waals surface area (Å²) in [5.41, 5.74) is -2.34. The van der Waals surface area contributed by atoms with Gasteiger partial charge in [0.05, 0.1) is 22.9 Å². The highest BCUT2D eigenvalue weighted by atomic mass is 35.5. The van der Waals surface area contributed by atoms with Gasteiger partial charge in [0.2, 0.25) is 0 Å². The Bertz CT molecular complexity index is 1240. The summed E-state index contributed by atoms with van der Waals surface area (Å²) in [5.74, 6) is -1.22. The summed E-state index contributed by atoms with van der Waals surface area (Å²) < 4.78 is 77.7. The average molecular weight is 465 g/mol. The van der Waals surface area contributed by atoms with Crippen LogP contribution >= 0.6 is 11.6 Å². The Labute approximate surface area is 172 Å². The number of benzene rings is 1. The van der Waals surface area contributed by atoms with Gasteiger partial charge in [-0.15, -0.1) is 0 Å². The number of anilines is 2. The first-order valence-corrected chi connectivity index (χ1v) is 9.91. The van der Waals surface area contributed by atoms with Crippen LogP contribution in [-0.2, 0) is 21.0 Å². The summed E-state index contributed by atoms with van der Waals surface area (Å²) in [6, 6.07) is 3.81. The minimum absolute atomic E-state index is 0.0688. The molecule has 0 radical (unpaired) electrons. The number of alkyl halides is 3. The molecule has 0 saturated heterocycles. The molecule has 0 fully saturated rings. The maximum absolute atomic E-state index is 13.0. The van der Waals surface area contributed by atoms with Gasteiger partial charge in [-0.2, -0.15) is 31.2 Å². The predicted molar refractivity (Wildman–Crippen MR) is 98.5 cm³/mol. The molecule has 0 atom stereocenters. The first-order valence-electron chi connectivity index (χ1n) is 8.09.